The van der Waals surface area contributed by atoms with E-state index in [1.54, 1.807) is 14.0 Å². The zero-order chi connectivity index (χ0) is 15.8. The summed E-state index contributed by atoms with van der Waals surface area (Å²) in [6, 6.07) is 3.54. The molecule has 1 atom stereocenters. The molecule has 0 aliphatic rings. The highest BCUT2D eigenvalue weighted by Gasteiger charge is 2.19. The first-order valence-corrected chi connectivity index (χ1v) is 6.78. The van der Waals surface area contributed by atoms with Crippen molar-refractivity contribution in [3.63, 3.8) is 0 Å². The number of carbonyl (C=O) groups excluding carboxylic acids is 1. The zero-order valence-corrected chi connectivity index (χ0v) is 12.6. The third kappa shape index (κ3) is 5.20. The molecule has 116 valence electrons. The highest BCUT2D eigenvalue weighted by molar-refractivity contribution is 6.30. The van der Waals surface area contributed by atoms with E-state index in [0.29, 0.717) is 11.4 Å². The average Bonchev–Trinajstić information content (AvgIpc) is 2.43. The van der Waals surface area contributed by atoms with Crippen LogP contribution in [0.1, 0.15) is 13.3 Å². The summed E-state index contributed by atoms with van der Waals surface area (Å²) in [6.45, 7) is 2.12. The van der Waals surface area contributed by atoms with Crippen molar-refractivity contribution in [1.82, 2.24) is 5.32 Å². The van der Waals surface area contributed by atoms with E-state index in [2.05, 4.69) is 5.32 Å². The lowest BCUT2D eigenvalue weighted by Crippen LogP contribution is -2.36. The number of carbonyl (C=O) groups is 1. The van der Waals surface area contributed by atoms with Crippen molar-refractivity contribution in [2.45, 2.75) is 19.4 Å². The Morgan fingerprint density at radius 3 is 2.81 bits per heavy atom. The van der Waals surface area contributed by atoms with Crippen LogP contribution in [-0.2, 0) is 9.53 Å². The van der Waals surface area contributed by atoms with Gasteiger partial charge in [0.05, 0.1) is 18.1 Å². The molecule has 0 aliphatic heterocycles. The molecule has 1 aromatic carbocycles. The van der Waals surface area contributed by atoms with Gasteiger partial charge in [-0.05, 0) is 20.0 Å². The summed E-state index contributed by atoms with van der Waals surface area (Å²) >= 11 is 5.79. The van der Waals surface area contributed by atoms with E-state index in [9.17, 15) is 14.9 Å². The molecule has 0 aromatic heterocycles. The maximum absolute atomic E-state index is 11.6. The Labute approximate surface area is 127 Å². The topological polar surface area (TPSA) is 90.7 Å². The first-order valence-electron chi connectivity index (χ1n) is 6.40. The number of nitro benzene ring substituents is 1. The Morgan fingerprint density at radius 1 is 1.52 bits per heavy atom. The second-order valence-electron chi connectivity index (χ2n) is 4.10. The van der Waals surface area contributed by atoms with Crippen LogP contribution in [0.3, 0.4) is 0 Å². The van der Waals surface area contributed by atoms with Crippen LogP contribution in [-0.4, -0.2) is 37.2 Å². The number of hydrogen-bond acceptors (Lipinski definition) is 6. The van der Waals surface area contributed by atoms with E-state index < -0.39 is 11.0 Å². The fourth-order valence-electron chi connectivity index (χ4n) is 1.66. The van der Waals surface area contributed by atoms with Crippen LogP contribution in [0.25, 0.3) is 0 Å². The van der Waals surface area contributed by atoms with Gasteiger partial charge in [0.2, 0.25) is 0 Å². The van der Waals surface area contributed by atoms with Crippen molar-refractivity contribution < 1.29 is 19.2 Å². The molecule has 1 N–H and O–H groups in total. The Balaban J connectivity index is 2.64. The van der Waals surface area contributed by atoms with Crippen molar-refractivity contribution in [3.05, 3.63) is 33.3 Å². The molecule has 0 amide bonds. The van der Waals surface area contributed by atoms with Gasteiger partial charge >= 0.3 is 11.7 Å². The van der Waals surface area contributed by atoms with Crippen LogP contribution in [0.15, 0.2) is 18.2 Å². The Morgan fingerprint density at radius 2 is 2.24 bits per heavy atom. The molecule has 1 unspecified atom stereocenters. The van der Waals surface area contributed by atoms with Gasteiger partial charge in [-0.2, -0.15) is 0 Å². The second kappa shape index (κ2) is 8.43. The Hall–Kier alpha value is -1.86. The molecular weight excluding hydrogens is 300 g/mol. The van der Waals surface area contributed by atoms with Crippen molar-refractivity contribution >= 4 is 23.3 Å². The lowest BCUT2D eigenvalue weighted by atomic mass is 10.2. The monoisotopic (exact) mass is 316 g/mol. The molecule has 8 heteroatoms. The first kappa shape index (κ1) is 17.2. The van der Waals surface area contributed by atoms with Gasteiger partial charge in [-0.15, -0.1) is 0 Å². The summed E-state index contributed by atoms with van der Waals surface area (Å²) in [7, 11) is 1.63. The van der Waals surface area contributed by atoms with E-state index in [1.165, 1.54) is 18.2 Å². The van der Waals surface area contributed by atoms with Crippen LogP contribution >= 0.6 is 11.6 Å². The lowest BCUT2D eigenvalue weighted by Gasteiger charge is -2.15. The highest BCUT2D eigenvalue weighted by atomic mass is 35.5. The molecule has 0 radical (unpaired) electrons. The summed E-state index contributed by atoms with van der Waals surface area (Å²) in [5, 5.41) is 14.0. The molecule has 0 saturated heterocycles. The maximum Gasteiger partial charge on any atom is 0.323 e. The van der Waals surface area contributed by atoms with Gasteiger partial charge in [-0.25, -0.2) is 0 Å². The summed E-state index contributed by atoms with van der Waals surface area (Å²) < 4.78 is 10.3. The molecule has 1 aromatic rings. The van der Waals surface area contributed by atoms with E-state index >= 15 is 0 Å². The van der Waals surface area contributed by atoms with Crippen LogP contribution in [0, 0.1) is 10.1 Å². The minimum absolute atomic E-state index is 0.0752. The molecular formula is C13H17ClN2O5. The number of hydrogen-bond donors (Lipinski definition) is 1. The van der Waals surface area contributed by atoms with E-state index in [1.807, 2.05) is 0 Å². The van der Waals surface area contributed by atoms with Crippen LogP contribution < -0.4 is 10.1 Å². The van der Waals surface area contributed by atoms with Crippen molar-refractivity contribution in [3.8, 4) is 5.75 Å². The summed E-state index contributed by atoms with van der Waals surface area (Å²) in [4.78, 5) is 21.9. The number of rotatable bonds is 8. The smallest absolute Gasteiger partial charge is 0.323 e. The van der Waals surface area contributed by atoms with Gasteiger partial charge in [-0.3, -0.25) is 14.9 Å². The number of nitrogens with one attached hydrogen (secondary N) is 1. The van der Waals surface area contributed by atoms with Crippen LogP contribution in [0.4, 0.5) is 5.69 Å². The van der Waals surface area contributed by atoms with E-state index in [-0.39, 0.29) is 30.6 Å². The largest absolute Gasteiger partial charge is 0.487 e. The molecule has 0 spiro atoms. The molecule has 0 aliphatic carbocycles. The van der Waals surface area contributed by atoms with E-state index in [4.69, 9.17) is 21.1 Å². The maximum atomic E-state index is 11.6. The zero-order valence-electron chi connectivity index (χ0n) is 11.8. The van der Waals surface area contributed by atoms with Gasteiger partial charge in [0.15, 0.2) is 5.75 Å². The molecule has 21 heavy (non-hydrogen) atoms. The first-order chi connectivity index (χ1) is 9.99. The van der Waals surface area contributed by atoms with Crippen molar-refractivity contribution in [2.24, 2.45) is 0 Å². The molecule has 0 heterocycles. The fourth-order valence-corrected chi connectivity index (χ4v) is 1.83. The normalized spacial score (nSPS) is 11.8. The quantitative estimate of drug-likeness (QED) is 0.449. The second-order valence-corrected chi connectivity index (χ2v) is 4.54. The lowest BCUT2D eigenvalue weighted by molar-refractivity contribution is -0.385. The van der Waals surface area contributed by atoms with Gasteiger partial charge in [0, 0.05) is 23.6 Å². The molecule has 7 nitrogen and oxygen atoms in total. The summed E-state index contributed by atoms with van der Waals surface area (Å²) in [5.41, 5.74) is -0.170. The minimum atomic E-state index is -0.549. The SMILES string of the molecule is CCOC(=O)C(CCOc1cc(Cl)ccc1[N+](=O)[O-])NC. The predicted molar refractivity (Wildman–Crippen MR) is 77.7 cm³/mol. The standard InChI is InChI=1S/C13H17ClN2O5/c1-3-20-13(17)10(15-2)6-7-21-12-8-9(14)4-5-11(12)16(18)19/h4-5,8,10,15H,3,6-7H2,1-2H3. The minimum Gasteiger partial charge on any atom is -0.487 e. The number of nitrogens with zero attached hydrogens (tertiary/aromatic N) is 1. The number of esters is 1. The van der Waals surface area contributed by atoms with Gasteiger partial charge < -0.3 is 14.8 Å². The van der Waals surface area contributed by atoms with Gasteiger partial charge in [-0.1, -0.05) is 11.6 Å². The molecule has 1 rings (SSSR count). The molecule has 0 bridgehead atoms. The van der Waals surface area contributed by atoms with E-state index in [0.717, 1.165) is 0 Å². The van der Waals surface area contributed by atoms with Crippen LogP contribution in [0.5, 0.6) is 5.75 Å². The number of nitro groups is 1. The molecule has 0 saturated carbocycles. The average molecular weight is 317 g/mol. The third-order valence-corrected chi connectivity index (χ3v) is 2.94. The van der Waals surface area contributed by atoms with Gasteiger partial charge in [0.1, 0.15) is 6.04 Å². The summed E-state index contributed by atoms with van der Waals surface area (Å²) in [5.74, 6) is -0.310. The number of likely N-dealkylation sites (N-methyl/N-ethyl adjacent to an activating group) is 1. The van der Waals surface area contributed by atoms with Crippen molar-refractivity contribution in [1.29, 1.82) is 0 Å². The Kier molecular flexibility index (Phi) is 6.90. The summed E-state index contributed by atoms with van der Waals surface area (Å²) in [6.07, 6.45) is 0.318. The van der Waals surface area contributed by atoms with Crippen LogP contribution in [0.2, 0.25) is 5.02 Å². The number of halogens is 1. The third-order valence-electron chi connectivity index (χ3n) is 2.70. The Bertz CT molecular complexity index is 509. The predicted octanol–water partition coefficient (Wildman–Crippen LogP) is 2.17. The molecule has 0 fully saturated rings. The fraction of sp³-hybridized carbons (Fsp3) is 0.462. The number of benzene rings is 1. The van der Waals surface area contributed by atoms with Crippen molar-refractivity contribution in [2.75, 3.05) is 20.3 Å². The number of ether oxygens (including phenoxy) is 2. The highest BCUT2D eigenvalue weighted by Crippen LogP contribution is 2.30. The van der Waals surface area contributed by atoms with Gasteiger partial charge in [0.25, 0.3) is 0 Å².